The monoisotopic (exact) mass is 251 g/mol. The van der Waals surface area contributed by atoms with E-state index in [4.69, 9.17) is 24.9 Å². The molecule has 0 aliphatic heterocycles. The van der Waals surface area contributed by atoms with Gasteiger partial charge in [0.15, 0.2) is 0 Å². The summed E-state index contributed by atoms with van der Waals surface area (Å²) in [4.78, 5) is 0. The topological polar surface area (TPSA) is 91.8 Å². The Kier molecular flexibility index (Phi) is 9.04. The second-order valence-electron chi connectivity index (χ2n) is 3.37. The van der Waals surface area contributed by atoms with Crippen molar-refractivity contribution in [2.75, 3.05) is 19.8 Å². The molecule has 0 fully saturated rings. The van der Waals surface area contributed by atoms with Gasteiger partial charge in [0.2, 0.25) is 0 Å². The maximum absolute atomic E-state index is 5.77. The van der Waals surface area contributed by atoms with Crippen molar-refractivity contribution in [1.29, 1.82) is 0 Å². The molecule has 0 saturated heterocycles. The molecule has 0 bridgehead atoms. The van der Waals surface area contributed by atoms with E-state index in [0.717, 1.165) is 12.5 Å². The van der Waals surface area contributed by atoms with E-state index in [2.05, 4.69) is 5.43 Å². The summed E-state index contributed by atoms with van der Waals surface area (Å²) in [7, 11) is -2.62. The second-order valence-corrected chi connectivity index (χ2v) is 6.05. The number of rotatable bonds is 10. The van der Waals surface area contributed by atoms with Crippen LogP contribution in [0, 0.1) is 0 Å². The van der Waals surface area contributed by atoms with Crippen molar-refractivity contribution in [1.82, 2.24) is 5.43 Å². The van der Waals surface area contributed by atoms with Gasteiger partial charge < -0.3 is 19.0 Å². The lowest BCUT2D eigenvalue weighted by atomic mass is 10.5. The predicted molar refractivity (Wildman–Crippen MR) is 65.4 cm³/mol. The molecular weight excluding hydrogens is 226 g/mol. The Bertz CT molecular complexity index is 168. The minimum Gasteiger partial charge on any atom is -0.374 e. The third kappa shape index (κ3) is 5.90. The van der Waals surface area contributed by atoms with Gasteiger partial charge >= 0.3 is 8.80 Å². The van der Waals surface area contributed by atoms with E-state index in [-0.39, 0.29) is 6.23 Å². The fourth-order valence-electron chi connectivity index (χ4n) is 1.37. The lowest BCUT2D eigenvalue weighted by molar-refractivity contribution is 0.0264. The first-order chi connectivity index (χ1) is 7.64. The molecular formula is C9H25N3O3Si. The minimum absolute atomic E-state index is 0.289. The Labute approximate surface area is 99.0 Å². The summed E-state index contributed by atoms with van der Waals surface area (Å²) in [5.74, 6) is 5.31. The summed E-state index contributed by atoms with van der Waals surface area (Å²) >= 11 is 0. The van der Waals surface area contributed by atoms with Crippen LogP contribution in [0.5, 0.6) is 0 Å². The molecule has 0 heterocycles. The Morgan fingerprint density at radius 2 is 1.81 bits per heavy atom. The molecule has 98 valence electrons. The number of nitrogens with two attached hydrogens (primary N) is 2. The van der Waals surface area contributed by atoms with Gasteiger partial charge in [-0.05, 0) is 33.7 Å². The van der Waals surface area contributed by atoms with Crippen LogP contribution in [0.3, 0.4) is 0 Å². The van der Waals surface area contributed by atoms with E-state index in [1.165, 1.54) is 0 Å². The van der Waals surface area contributed by atoms with Crippen LogP contribution in [0.25, 0.3) is 0 Å². The zero-order valence-corrected chi connectivity index (χ0v) is 11.5. The van der Waals surface area contributed by atoms with Crippen molar-refractivity contribution >= 4 is 8.80 Å². The molecule has 1 atom stereocenters. The first-order valence-corrected chi connectivity index (χ1v) is 7.69. The van der Waals surface area contributed by atoms with Crippen LogP contribution in [-0.2, 0) is 13.3 Å². The fourth-order valence-corrected chi connectivity index (χ4v) is 4.12. The zero-order chi connectivity index (χ0) is 12.4. The maximum Gasteiger partial charge on any atom is 0.502 e. The first kappa shape index (κ1) is 16.0. The van der Waals surface area contributed by atoms with E-state index in [1.807, 2.05) is 20.8 Å². The highest BCUT2D eigenvalue weighted by Gasteiger charge is 2.41. The van der Waals surface area contributed by atoms with Crippen LogP contribution in [0.4, 0.5) is 0 Å². The van der Waals surface area contributed by atoms with Crippen LogP contribution < -0.4 is 17.0 Å². The number of hydrogen-bond donors (Lipinski definition) is 3. The Morgan fingerprint density at radius 3 is 2.19 bits per heavy atom. The normalized spacial score (nSPS) is 14.1. The molecule has 0 spiro atoms. The second kappa shape index (κ2) is 9.05. The van der Waals surface area contributed by atoms with Gasteiger partial charge in [-0.2, -0.15) is 0 Å². The van der Waals surface area contributed by atoms with Crippen molar-refractivity contribution < 1.29 is 13.3 Å². The molecule has 6 nitrogen and oxygen atoms in total. The third-order valence-electron chi connectivity index (χ3n) is 2.01. The fraction of sp³-hybridized carbons (Fsp3) is 1.00. The Morgan fingerprint density at radius 1 is 1.25 bits per heavy atom. The molecule has 0 aromatic carbocycles. The van der Waals surface area contributed by atoms with Crippen molar-refractivity contribution in [3.8, 4) is 0 Å². The number of hydrogen-bond acceptors (Lipinski definition) is 6. The van der Waals surface area contributed by atoms with Gasteiger partial charge in [0, 0.05) is 19.3 Å². The lowest BCUT2D eigenvalue weighted by Crippen LogP contribution is -2.52. The Balaban J connectivity index is 4.48. The highest BCUT2D eigenvalue weighted by molar-refractivity contribution is 6.60. The van der Waals surface area contributed by atoms with Crippen LogP contribution in [0.1, 0.15) is 27.2 Å². The zero-order valence-electron chi connectivity index (χ0n) is 10.5. The SMILES string of the molecule is CCO[Si](CCCN)(OCC)OC(C)NN. The average Bonchev–Trinajstić information content (AvgIpc) is 2.27. The maximum atomic E-state index is 5.77. The summed E-state index contributed by atoms with van der Waals surface area (Å²) < 4.78 is 17.1. The van der Waals surface area contributed by atoms with Crippen molar-refractivity contribution in [3.05, 3.63) is 0 Å². The number of hydrazine groups is 1. The van der Waals surface area contributed by atoms with Crippen LogP contribution in [0.2, 0.25) is 6.04 Å². The molecule has 0 aromatic rings. The molecule has 5 N–H and O–H groups in total. The number of nitrogens with one attached hydrogen (secondary N) is 1. The van der Waals surface area contributed by atoms with E-state index in [1.54, 1.807) is 0 Å². The van der Waals surface area contributed by atoms with Gasteiger partial charge in [-0.25, -0.2) is 5.43 Å². The predicted octanol–water partition coefficient (Wildman–Crippen LogP) is 0.173. The van der Waals surface area contributed by atoms with Gasteiger partial charge in [0.25, 0.3) is 0 Å². The highest BCUT2D eigenvalue weighted by Crippen LogP contribution is 2.18. The lowest BCUT2D eigenvalue weighted by Gasteiger charge is -2.31. The average molecular weight is 251 g/mol. The van der Waals surface area contributed by atoms with E-state index < -0.39 is 8.80 Å². The van der Waals surface area contributed by atoms with Crippen LogP contribution in [0.15, 0.2) is 0 Å². The van der Waals surface area contributed by atoms with E-state index >= 15 is 0 Å². The smallest absolute Gasteiger partial charge is 0.374 e. The highest BCUT2D eigenvalue weighted by atomic mass is 28.4. The Hall–Kier alpha value is -0.0231. The molecule has 0 amide bonds. The summed E-state index contributed by atoms with van der Waals surface area (Å²) in [6.07, 6.45) is 0.534. The quantitative estimate of drug-likeness (QED) is 0.222. The van der Waals surface area contributed by atoms with Crippen molar-refractivity contribution in [3.63, 3.8) is 0 Å². The third-order valence-corrected chi connectivity index (χ3v) is 5.14. The molecule has 7 heteroatoms. The summed E-state index contributed by atoms with van der Waals surface area (Å²) in [6.45, 7) is 7.40. The molecule has 0 aliphatic carbocycles. The molecule has 0 saturated carbocycles. The van der Waals surface area contributed by atoms with Crippen molar-refractivity contribution in [2.24, 2.45) is 11.6 Å². The van der Waals surface area contributed by atoms with Gasteiger partial charge in [-0.15, -0.1) is 0 Å². The molecule has 0 radical (unpaired) electrons. The van der Waals surface area contributed by atoms with Gasteiger partial charge in [-0.3, -0.25) is 5.84 Å². The van der Waals surface area contributed by atoms with Crippen LogP contribution >= 0.6 is 0 Å². The van der Waals surface area contributed by atoms with Crippen molar-refractivity contribution in [2.45, 2.75) is 39.5 Å². The molecule has 0 aromatic heterocycles. The van der Waals surface area contributed by atoms with E-state index in [0.29, 0.717) is 19.8 Å². The van der Waals surface area contributed by atoms with Gasteiger partial charge in [0.05, 0.1) is 0 Å². The largest absolute Gasteiger partial charge is 0.502 e. The molecule has 0 aliphatic rings. The summed E-state index contributed by atoms with van der Waals surface area (Å²) in [5.41, 5.74) is 8.04. The standard InChI is InChI=1S/C9H25N3O3Si/c1-4-13-16(14-5-2,8-6-7-10)15-9(3)12-11/h9,12H,4-8,10-11H2,1-3H3. The summed E-state index contributed by atoms with van der Waals surface area (Å²) in [5, 5.41) is 0. The van der Waals surface area contributed by atoms with Crippen LogP contribution in [-0.4, -0.2) is 34.8 Å². The first-order valence-electron chi connectivity index (χ1n) is 5.76. The summed E-state index contributed by atoms with van der Waals surface area (Å²) in [6, 6.07) is 0.719. The van der Waals surface area contributed by atoms with E-state index in [9.17, 15) is 0 Å². The molecule has 1 unspecified atom stereocenters. The van der Waals surface area contributed by atoms with Gasteiger partial charge in [0.1, 0.15) is 6.23 Å². The molecule has 0 rings (SSSR count). The molecule has 16 heavy (non-hydrogen) atoms. The van der Waals surface area contributed by atoms with Gasteiger partial charge in [-0.1, -0.05) is 0 Å². The minimum atomic E-state index is -2.62.